The molecule has 3 rings (SSSR count). The van der Waals surface area contributed by atoms with Gasteiger partial charge in [0, 0.05) is 17.5 Å². The molecule has 0 fully saturated rings. The van der Waals surface area contributed by atoms with Gasteiger partial charge in [0.05, 0.1) is 7.11 Å². The third-order valence-electron chi connectivity index (χ3n) is 3.37. The number of hydrogen-bond acceptors (Lipinski definition) is 3. The lowest BCUT2D eigenvalue weighted by atomic mass is 10.1. The summed E-state index contributed by atoms with van der Waals surface area (Å²) in [7, 11) is 1.67. The molecule has 0 amide bonds. The molecule has 0 bridgehead atoms. The first-order chi connectivity index (χ1) is 9.76. The Morgan fingerprint density at radius 1 is 1.05 bits per heavy atom. The molecule has 3 nitrogen and oxygen atoms in total. The first kappa shape index (κ1) is 12.5. The van der Waals surface area contributed by atoms with Crippen LogP contribution in [-0.4, -0.2) is 12.1 Å². The molecule has 20 heavy (non-hydrogen) atoms. The van der Waals surface area contributed by atoms with E-state index in [0.717, 1.165) is 28.6 Å². The molecule has 0 aliphatic heterocycles. The summed E-state index contributed by atoms with van der Waals surface area (Å²) in [5.74, 6) is 1.45. The van der Waals surface area contributed by atoms with Crippen LogP contribution in [0.5, 0.6) is 5.75 Å². The van der Waals surface area contributed by atoms with Crippen LogP contribution in [0.2, 0.25) is 0 Å². The lowest BCUT2D eigenvalue weighted by Gasteiger charge is -2.07. The van der Waals surface area contributed by atoms with E-state index < -0.39 is 0 Å². The summed E-state index contributed by atoms with van der Waals surface area (Å²) in [6, 6.07) is 18.1. The van der Waals surface area contributed by atoms with Gasteiger partial charge in [-0.2, -0.15) is 0 Å². The Kier molecular flexibility index (Phi) is 3.25. The van der Waals surface area contributed by atoms with E-state index in [-0.39, 0.29) is 0 Å². The third kappa shape index (κ3) is 2.43. The number of rotatable bonds is 3. The Hall–Kier alpha value is -2.55. The van der Waals surface area contributed by atoms with Gasteiger partial charge in [-0.05, 0) is 29.1 Å². The van der Waals surface area contributed by atoms with Crippen molar-refractivity contribution in [1.82, 2.24) is 4.98 Å². The lowest BCUT2D eigenvalue weighted by molar-refractivity contribution is 0.414. The smallest absolute Gasteiger partial charge is 0.131 e. The summed E-state index contributed by atoms with van der Waals surface area (Å²) in [4.78, 5) is 4.49. The van der Waals surface area contributed by atoms with Gasteiger partial charge in [0.1, 0.15) is 11.6 Å². The number of ether oxygens (including phenoxy) is 1. The molecule has 1 heterocycles. The van der Waals surface area contributed by atoms with Crippen molar-refractivity contribution in [2.45, 2.75) is 6.42 Å². The molecular weight excluding hydrogens is 248 g/mol. The van der Waals surface area contributed by atoms with Gasteiger partial charge in [-0.3, -0.25) is 0 Å². The van der Waals surface area contributed by atoms with Crippen molar-refractivity contribution in [3.05, 3.63) is 65.9 Å². The highest BCUT2D eigenvalue weighted by atomic mass is 16.5. The van der Waals surface area contributed by atoms with Crippen LogP contribution >= 0.6 is 0 Å². The van der Waals surface area contributed by atoms with Crippen LogP contribution in [0.15, 0.2) is 54.6 Å². The normalized spacial score (nSPS) is 10.7. The fraction of sp³-hybridized carbons (Fsp3) is 0.118. The molecule has 3 aromatic rings. The van der Waals surface area contributed by atoms with Crippen LogP contribution in [0.1, 0.15) is 11.3 Å². The summed E-state index contributed by atoms with van der Waals surface area (Å²) in [6.45, 7) is 0. The van der Waals surface area contributed by atoms with Crippen molar-refractivity contribution in [2.24, 2.45) is 0 Å². The average molecular weight is 264 g/mol. The molecule has 0 atom stereocenters. The first-order valence-electron chi connectivity index (χ1n) is 6.53. The van der Waals surface area contributed by atoms with Crippen molar-refractivity contribution in [3.8, 4) is 5.75 Å². The molecule has 2 aromatic carbocycles. The summed E-state index contributed by atoms with van der Waals surface area (Å²) >= 11 is 0. The predicted molar refractivity (Wildman–Crippen MR) is 82.0 cm³/mol. The predicted octanol–water partition coefficient (Wildman–Crippen LogP) is 3.42. The topological polar surface area (TPSA) is 48.1 Å². The van der Waals surface area contributed by atoms with Crippen LogP contribution in [0.4, 0.5) is 5.82 Å². The number of aromatic nitrogens is 1. The summed E-state index contributed by atoms with van der Waals surface area (Å²) in [5.41, 5.74) is 8.19. The number of nitrogen functional groups attached to an aromatic ring is 1. The van der Waals surface area contributed by atoms with Gasteiger partial charge in [0.25, 0.3) is 0 Å². The maximum absolute atomic E-state index is 6.03. The molecule has 0 unspecified atom stereocenters. The zero-order valence-corrected chi connectivity index (χ0v) is 11.3. The van der Waals surface area contributed by atoms with Crippen LogP contribution in [0, 0.1) is 0 Å². The first-order valence-corrected chi connectivity index (χ1v) is 6.53. The fourth-order valence-electron chi connectivity index (χ4n) is 2.33. The standard InChI is InChI=1S/C17H16N2O/c1-20-15-8-6-12(7-9-15)10-14-11-13-4-2-3-5-16(13)17(18)19-14/h2-9,11H,10H2,1H3,(H2,18,19). The van der Waals surface area contributed by atoms with Gasteiger partial charge in [-0.15, -0.1) is 0 Å². The van der Waals surface area contributed by atoms with Crippen molar-refractivity contribution >= 4 is 16.6 Å². The molecule has 0 spiro atoms. The zero-order chi connectivity index (χ0) is 13.9. The molecule has 0 radical (unpaired) electrons. The van der Waals surface area contributed by atoms with E-state index in [1.807, 2.05) is 42.5 Å². The number of pyridine rings is 1. The highest BCUT2D eigenvalue weighted by Crippen LogP contribution is 2.22. The van der Waals surface area contributed by atoms with Crippen molar-refractivity contribution in [1.29, 1.82) is 0 Å². The maximum atomic E-state index is 6.03. The Labute approximate surface area is 118 Å². The van der Waals surface area contributed by atoms with Crippen molar-refractivity contribution in [2.75, 3.05) is 12.8 Å². The molecule has 100 valence electrons. The van der Waals surface area contributed by atoms with Crippen LogP contribution < -0.4 is 10.5 Å². The molecule has 0 aliphatic rings. The van der Waals surface area contributed by atoms with Crippen LogP contribution in [0.3, 0.4) is 0 Å². The molecule has 0 saturated carbocycles. The fourth-order valence-corrected chi connectivity index (χ4v) is 2.33. The van der Waals surface area contributed by atoms with Gasteiger partial charge in [-0.25, -0.2) is 4.98 Å². The number of anilines is 1. The van der Waals surface area contributed by atoms with Crippen LogP contribution in [0.25, 0.3) is 10.8 Å². The highest BCUT2D eigenvalue weighted by molar-refractivity contribution is 5.91. The van der Waals surface area contributed by atoms with Gasteiger partial charge in [0.15, 0.2) is 0 Å². The van der Waals surface area contributed by atoms with Gasteiger partial charge >= 0.3 is 0 Å². The maximum Gasteiger partial charge on any atom is 0.131 e. The second-order valence-electron chi connectivity index (χ2n) is 4.74. The minimum absolute atomic E-state index is 0.589. The van der Waals surface area contributed by atoms with Gasteiger partial charge in [0.2, 0.25) is 0 Å². The van der Waals surface area contributed by atoms with Crippen LogP contribution in [-0.2, 0) is 6.42 Å². The van der Waals surface area contributed by atoms with E-state index in [1.165, 1.54) is 5.56 Å². The molecule has 1 aromatic heterocycles. The van der Waals surface area contributed by atoms with Gasteiger partial charge in [-0.1, -0.05) is 36.4 Å². The molecule has 3 heteroatoms. The van der Waals surface area contributed by atoms with E-state index in [0.29, 0.717) is 5.82 Å². The molecular formula is C17H16N2O. The number of fused-ring (bicyclic) bond motifs is 1. The minimum Gasteiger partial charge on any atom is -0.497 e. The Balaban J connectivity index is 1.93. The SMILES string of the molecule is COc1ccc(Cc2cc3ccccc3c(N)n2)cc1. The third-order valence-corrected chi connectivity index (χ3v) is 3.37. The second-order valence-corrected chi connectivity index (χ2v) is 4.74. The monoisotopic (exact) mass is 264 g/mol. The second kappa shape index (κ2) is 5.21. The molecule has 2 N–H and O–H groups in total. The summed E-state index contributed by atoms with van der Waals surface area (Å²) in [6.07, 6.45) is 0.763. The Morgan fingerprint density at radius 2 is 1.80 bits per heavy atom. The van der Waals surface area contributed by atoms with E-state index in [4.69, 9.17) is 10.5 Å². The van der Waals surface area contributed by atoms with E-state index >= 15 is 0 Å². The van der Waals surface area contributed by atoms with Crippen molar-refractivity contribution < 1.29 is 4.74 Å². The molecule has 0 aliphatic carbocycles. The average Bonchev–Trinajstić information content (AvgIpc) is 2.48. The van der Waals surface area contributed by atoms with Gasteiger partial charge < -0.3 is 10.5 Å². The number of nitrogens with zero attached hydrogens (tertiary/aromatic N) is 1. The largest absolute Gasteiger partial charge is 0.497 e. The lowest BCUT2D eigenvalue weighted by Crippen LogP contribution is -1.98. The van der Waals surface area contributed by atoms with E-state index in [9.17, 15) is 0 Å². The number of nitrogens with two attached hydrogens (primary N) is 1. The Bertz CT molecular complexity index is 736. The number of methoxy groups -OCH3 is 1. The number of hydrogen-bond donors (Lipinski definition) is 1. The van der Waals surface area contributed by atoms with E-state index in [2.05, 4.69) is 17.1 Å². The summed E-state index contributed by atoms with van der Waals surface area (Å²) < 4.78 is 5.16. The highest BCUT2D eigenvalue weighted by Gasteiger charge is 2.04. The van der Waals surface area contributed by atoms with E-state index in [1.54, 1.807) is 7.11 Å². The van der Waals surface area contributed by atoms with Crippen molar-refractivity contribution in [3.63, 3.8) is 0 Å². The number of benzene rings is 2. The molecule has 0 saturated heterocycles. The quantitative estimate of drug-likeness (QED) is 0.788. The minimum atomic E-state index is 0.589. The summed E-state index contributed by atoms with van der Waals surface area (Å²) in [5, 5.41) is 2.13. The Morgan fingerprint density at radius 3 is 2.55 bits per heavy atom. The zero-order valence-electron chi connectivity index (χ0n) is 11.3.